The smallest absolute Gasteiger partial charge is 0.222 e. The van der Waals surface area contributed by atoms with Gasteiger partial charge in [-0.2, -0.15) is 0 Å². The maximum absolute atomic E-state index is 11.9. The van der Waals surface area contributed by atoms with Crippen LogP contribution in [0.5, 0.6) is 0 Å². The highest BCUT2D eigenvalue weighted by molar-refractivity contribution is 5.84. The molecule has 1 amide bonds. The third-order valence-electron chi connectivity index (χ3n) is 3.36. The number of amides is 1. The second-order valence-corrected chi connectivity index (χ2v) is 4.86. The molecule has 0 radical (unpaired) electrons. The Morgan fingerprint density at radius 1 is 1.37 bits per heavy atom. The lowest BCUT2D eigenvalue weighted by molar-refractivity contribution is -0.130. The molecule has 1 aromatic carbocycles. The quantitative estimate of drug-likeness (QED) is 0.892. The van der Waals surface area contributed by atoms with E-state index in [-0.39, 0.29) is 12.5 Å². The van der Waals surface area contributed by atoms with Gasteiger partial charge >= 0.3 is 0 Å². The minimum atomic E-state index is 0.0633. The van der Waals surface area contributed by atoms with Crippen LogP contribution in [0.4, 0.5) is 0 Å². The second kappa shape index (κ2) is 5.89. The fraction of sp³-hybridized carbons (Fsp3) is 0.400. The molecule has 0 saturated heterocycles. The first kappa shape index (κ1) is 13.6. The summed E-state index contributed by atoms with van der Waals surface area (Å²) in [6, 6.07) is 8.19. The molecule has 0 unspecified atom stereocenters. The van der Waals surface area contributed by atoms with Crippen LogP contribution in [0.3, 0.4) is 0 Å². The molecule has 0 bridgehead atoms. The van der Waals surface area contributed by atoms with E-state index in [0.717, 1.165) is 5.56 Å². The molecule has 1 N–H and O–H groups in total. The van der Waals surface area contributed by atoms with Crippen LogP contribution in [-0.4, -0.2) is 34.1 Å². The predicted octanol–water partition coefficient (Wildman–Crippen LogP) is 1.91. The van der Waals surface area contributed by atoms with Gasteiger partial charge in [0, 0.05) is 50.8 Å². The van der Waals surface area contributed by atoms with E-state index < -0.39 is 0 Å². The highest BCUT2D eigenvalue weighted by Gasteiger charge is 2.12. The average Bonchev–Trinajstić information content (AvgIpc) is 2.73. The third-order valence-corrected chi connectivity index (χ3v) is 3.36. The highest BCUT2D eigenvalue weighted by atomic mass is 16.3. The number of aromatic nitrogens is 1. The monoisotopic (exact) mass is 260 g/mol. The average molecular weight is 260 g/mol. The number of nitrogens with zero attached hydrogens (tertiary/aromatic N) is 2. The van der Waals surface area contributed by atoms with Gasteiger partial charge in [0.2, 0.25) is 5.91 Å². The number of aliphatic hydroxyl groups is 1. The van der Waals surface area contributed by atoms with Crippen LogP contribution in [0.2, 0.25) is 0 Å². The second-order valence-electron chi connectivity index (χ2n) is 4.86. The van der Waals surface area contributed by atoms with Crippen LogP contribution >= 0.6 is 0 Å². The van der Waals surface area contributed by atoms with Crippen molar-refractivity contribution in [3.05, 3.63) is 36.0 Å². The summed E-state index contributed by atoms with van der Waals surface area (Å²) in [5.41, 5.74) is 2.33. The molecule has 0 aliphatic rings. The van der Waals surface area contributed by atoms with Crippen LogP contribution in [0.15, 0.2) is 30.5 Å². The summed E-state index contributed by atoms with van der Waals surface area (Å²) in [4.78, 5) is 13.6. The zero-order valence-electron chi connectivity index (χ0n) is 11.5. The summed E-state index contributed by atoms with van der Waals surface area (Å²) >= 11 is 0. The van der Waals surface area contributed by atoms with E-state index in [4.69, 9.17) is 5.11 Å². The van der Waals surface area contributed by atoms with Gasteiger partial charge in [0.25, 0.3) is 0 Å². The molecule has 0 aliphatic carbocycles. The van der Waals surface area contributed by atoms with E-state index in [1.54, 1.807) is 4.90 Å². The van der Waals surface area contributed by atoms with Gasteiger partial charge in [0.15, 0.2) is 0 Å². The van der Waals surface area contributed by atoms with Gasteiger partial charge in [0.1, 0.15) is 0 Å². The van der Waals surface area contributed by atoms with Crippen LogP contribution in [0.25, 0.3) is 10.9 Å². The molecule has 0 aliphatic heterocycles. The Hall–Kier alpha value is -1.81. The van der Waals surface area contributed by atoms with Gasteiger partial charge in [-0.3, -0.25) is 4.79 Å². The van der Waals surface area contributed by atoms with Crippen LogP contribution < -0.4 is 0 Å². The molecule has 0 atom stereocenters. The van der Waals surface area contributed by atoms with Crippen LogP contribution in [0.1, 0.15) is 18.4 Å². The van der Waals surface area contributed by atoms with E-state index in [1.165, 1.54) is 10.9 Å². The lowest BCUT2D eigenvalue weighted by Gasteiger charge is -2.16. The zero-order chi connectivity index (χ0) is 13.8. The van der Waals surface area contributed by atoms with Crippen molar-refractivity contribution in [3.8, 4) is 0 Å². The maximum atomic E-state index is 11.9. The highest BCUT2D eigenvalue weighted by Crippen LogP contribution is 2.21. The van der Waals surface area contributed by atoms with E-state index >= 15 is 0 Å². The molecule has 2 rings (SSSR count). The van der Waals surface area contributed by atoms with Crippen molar-refractivity contribution >= 4 is 16.8 Å². The molecule has 1 aromatic heterocycles. The van der Waals surface area contributed by atoms with Gasteiger partial charge in [-0.1, -0.05) is 18.2 Å². The fourth-order valence-corrected chi connectivity index (χ4v) is 2.32. The number of aryl methyl sites for hydroxylation is 1. The van der Waals surface area contributed by atoms with Gasteiger partial charge in [0.05, 0.1) is 0 Å². The van der Waals surface area contributed by atoms with Crippen molar-refractivity contribution in [2.24, 2.45) is 7.05 Å². The molecule has 0 saturated carbocycles. The van der Waals surface area contributed by atoms with Gasteiger partial charge < -0.3 is 14.6 Å². The number of carbonyl (C=O) groups excluding carboxylic acids is 1. The summed E-state index contributed by atoms with van der Waals surface area (Å²) < 4.78 is 2.08. The SMILES string of the molecule is CN(Cc1cn(C)c2ccccc12)C(=O)CCCO. The Bertz CT molecular complexity index is 575. The molecular formula is C15H20N2O2. The molecule has 2 aromatic rings. The minimum absolute atomic E-state index is 0.0633. The lowest BCUT2D eigenvalue weighted by Crippen LogP contribution is -2.26. The molecule has 4 heteroatoms. The number of hydrogen-bond acceptors (Lipinski definition) is 2. The molecule has 19 heavy (non-hydrogen) atoms. The molecule has 102 valence electrons. The molecular weight excluding hydrogens is 240 g/mol. The van der Waals surface area contributed by atoms with Gasteiger partial charge in [-0.05, 0) is 18.1 Å². The summed E-state index contributed by atoms with van der Waals surface area (Å²) in [5, 5.41) is 9.94. The number of carbonyl (C=O) groups is 1. The van der Waals surface area contributed by atoms with Crippen LogP contribution in [-0.2, 0) is 18.4 Å². The number of rotatable bonds is 5. The molecule has 0 fully saturated rings. The largest absolute Gasteiger partial charge is 0.396 e. The number of para-hydroxylation sites is 1. The van der Waals surface area contributed by atoms with Crippen molar-refractivity contribution in [1.29, 1.82) is 0 Å². The first-order valence-corrected chi connectivity index (χ1v) is 6.51. The third kappa shape index (κ3) is 2.96. The summed E-state index contributed by atoms with van der Waals surface area (Å²) in [6.45, 7) is 0.666. The van der Waals surface area contributed by atoms with Gasteiger partial charge in [-0.15, -0.1) is 0 Å². The normalized spacial score (nSPS) is 10.9. The Kier molecular flexibility index (Phi) is 4.22. The van der Waals surface area contributed by atoms with E-state index in [0.29, 0.717) is 19.4 Å². The Morgan fingerprint density at radius 3 is 2.84 bits per heavy atom. The molecule has 0 spiro atoms. The fourth-order valence-electron chi connectivity index (χ4n) is 2.32. The maximum Gasteiger partial charge on any atom is 0.222 e. The summed E-state index contributed by atoms with van der Waals surface area (Å²) in [5.74, 6) is 0.0713. The predicted molar refractivity (Wildman–Crippen MR) is 75.7 cm³/mol. The Labute approximate surface area is 113 Å². The Morgan fingerprint density at radius 2 is 2.11 bits per heavy atom. The van der Waals surface area contributed by atoms with Gasteiger partial charge in [-0.25, -0.2) is 0 Å². The number of aliphatic hydroxyl groups excluding tert-OH is 1. The van der Waals surface area contributed by atoms with Crippen molar-refractivity contribution in [2.75, 3.05) is 13.7 Å². The lowest BCUT2D eigenvalue weighted by atomic mass is 10.1. The van der Waals surface area contributed by atoms with E-state index in [1.807, 2.05) is 26.2 Å². The van der Waals surface area contributed by atoms with Crippen LogP contribution in [0, 0.1) is 0 Å². The molecule has 4 nitrogen and oxygen atoms in total. The van der Waals surface area contributed by atoms with Crippen molar-refractivity contribution < 1.29 is 9.90 Å². The molecule has 1 heterocycles. The number of benzene rings is 1. The Balaban J connectivity index is 2.15. The summed E-state index contributed by atoms with van der Waals surface area (Å²) in [7, 11) is 3.82. The van der Waals surface area contributed by atoms with Crippen molar-refractivity contribution in [2.45, 2.75) is 19.4 Å². The number of hydrogen-bond donors (Lipinski definition) is 1. The van der Waals surface area contributed by atoms with Crippen molar-refractivity contribution in [1.82, 2.24) is 9.47 Å². The standard InChI is InChI=1S/C15H20N2O2/c1-16-10-12(13-6-3-4-7-14(13)16)11-17(2)15(19)8-5-9-18/h3-4,6-7,10,18H,5,8-9,11H2,1-2H3. The first-order chi connectivity index (χ1) is 9.13. The van der Waals surface area contributed by atoms with Crippen molar-refractivity contribution in [3.63, 3.8) is 0 Å². The summed E-state index contributed by atoms with van der Waals surface area (Å²) in [6.07, 6.45) is 3.00. The topological polar surface area (TPSA) is 45.5 Å². The first-order valence-electron chi connectivity index (χ1n) is 6.51. The van der Waals surface area contributed by atoms with E-state index in [2.05, 4.69) is 22.9 Å². The number of fused-ring (bicyclic) bond motifs is 1. The minimum Gasteiger partial charge on any atom is -0.396 e. The zero-order valence-corrected chi connectivity index (χ0v) is 11.5. The van der Waals surface area contributed by atoms with E-state index in [9.17, 15) is 4.79 Å².